The molecule has 0 aliphatic heterocycles. The van der Waals surface area contributed by atoms with Crippen molar-refractivity contribution in [2.24, 2.45) is 0 Å². The zero-order chi connectivity index (χ0) is 18.0. The molecule has 0 bridgehead atoms. The van der Waals surface area contributed by atoms with Crippen molar-refractivity contribution < 1.29 is 4.39 Å². The van der Waals surface area contributed by atoms with Crippen LogP contribution in [0.3, 0.4) is 0 Å². The molecule has 3 aromatic rings. The Labute approximate surface area is 155 Å². The van der Waals surface area contributed by atoms with Crippen molar-refractivity contribution in [1.29, 1.82) is 5.26 Å². The molecule has 0 N–H and O–H groups in total. The molecular formula is C21H16BrFN2. The Morgan fingerprint density at radius 3 is 2.56 bits per heavy atom. The Balaban J connectivity index is 2.12. The van der Waals surface area contributed by atoms with E-state index in [0.29, 0.717) is 11.1 Å². The van der Waals surface area contributed by atoms with Crippen LogP contribution >= 0.6 is 15.9 Å². The number of nitrogens with zero attached hydrogens (tertiary/aromatic N) is 2. The van der Waals surface area contributed by atoms with Crippen LogP contribution < -0.4 is 0 Å². The van der Waals surface area contributed by atoms with E-state index in [9.17, 15) is 9.65 Å². The van der Waals surface area contributed by atoms with Gasteiger partial charge in [-0.1, -0.05) is 24.3 Å². The van der Waals surface area contributed by atoms with Crippen LogP contribution in [0.15, 0.2) is 59.1 Å². The summed E-state index contributed by atoms with van der Waals surface area (Å²) in [4.78, 5) is 0. The number of rotatable bonds is 3. The number of halogens is 2. The first kappa shape index (κ1) is 17.2. The molecule has 0 radical (unpaired) electrons. The Bertz CT molecular complexity index is 1010. The fourth-order valence-electron chi connectivity index (χ4n) is 2.93. The molecule has 0 atom stereocenters. The predicted octanol–water partition coefficient (Wildman–Crippen LogP) is 6.06. The largest absolute Gasteiger partial charge is 0.317 e. The predicted molar refractivity (Wildman–Crippen MR) is 103 cm³/mol. The van der Waals surface area contributed by atoms with Gasteiger partial charge < -0.3 is 4.57 Å². The van der Waals surface area contributed by atoms with Gasteiger partial charge in [-0.15, -0.1) is 0 Å². The normalized spacial score (nSPS) is 11.4. The van der Waals surface area contributed by atoms with Gasteiger partial charge in [0.1, 0.15) is 5.82 Å². The van der Waals surface area contributed by atoms with Crippen molar-refractivity contribution in [1.82, 2.24) is 4.57 Å². The van der Waals surface area contributed by atoms with Gasteiger partial charge >= 0.3 is 0 Å². The monoisotopic (exact) mass is 394 g/mol. The van der Waals surface area contributed by atoms with Crippen LogP contribution in [-0.2, 0) is 0 Å². The summed E-state index contributed by atoms with van der Waals surface area (Å²) in [6.45, 7) is 4.04. The van der Waals surface area contributed by atoms with Gasteiger partial charge in [0.05, 0.1) is 17.3 Å². The van der Waals surface area contributed by atoms with Gasteiger partial charge in [0.2, 0.25) is 0 Å². The summed E-state index contributed by atoms with van der Waals surface area (Å²) in [5, 5.41) is 9.50. The van der Waals surface area contributed by atoms with Crippen LogP contribution in [0, 0.1) is 31.0 Å². The molecule has 2 aromatic carbocycles. The molecular weight excluding hydrogens is 379 g/mol. The van der Waals surface area contributed by atoms with Crippen molar-refractivity contribution in [3.63, 3.8) is 0 Å². The van der Waals surface area contributed by atoms with E-state index in [2.05, 4.69) is 26.6 Å². The first-order valence-corrected chi connectivity index (χ1v) is 8.62. The van der Waals surface area contributed by atoms with E-state index in [4.69, 9.17) is 0 Å². The van der Waals surface area contributed by atoms with Crippen LogP contribution in [0.25, 0.3) is 17.3 Å². The second kappa shape index (κ2) is 7.08. The number of hydrogen-bond donors (Lipinski definition) is 0. The molecule has 0 saturated heterocycles. The fraction of sp³-hybridized carbons (Fsp3) is 0.0952. The summed E-state index contributed by atoms with van der Waals surface area (Å²) in [5.41, 5.74) is 5.08. The quantitative estimate of drug-likeness (QED) is 0.496. The minimum absolute atomic E-state index is 0.350. The van der Waals surface area contributed by atoms with Crippen LogP contribution in [0.5, 0.6) is 0 Å². The summed E-state index contributed by atoms with van der Waals surface area (Å²) in [6.07, 6.45) is 1.81. The summed E-state index contributed by atoms with van der Waals surface area (Å²) in [6, 6.07) is 18.3. The molecule has 0 unspecified atom stereocenters. The first-order valence-electron chi connectivity index (χ1n) is 7.83. The van der Waals surface area contributed by atoms with E-state index in [1.54, 1.807) is 12.1 Å². The lowest BCUT2D eigenvalue weighted by atomic mass is 10.0. The second-order valence-electron chi connectivity index (χ2n) is 5.79. The van der Waals surface area contributed by atoms with Gasteiger partial charge in [-0.3, -0.25) is 0 Å². The average Bonchev–Trinajstić information content (AvgIpc) is 2.87. The Morgan fingerprint density at radius 1 is 1.12 bits per heavy atom. The number of hydrogen-bond acceptors (Lipinski definition) is 1. The summed E-state index contributed by atoms with van der Waals surface area (Å²) >= 11 is 3.59. The lowest BCUT2D eigenvalue weighted by Crippen LogP contribution is -1.99. The maximum atomic E-state index is 13.5. The molecule has 4 heteroatoms. The Morgan fingerprint density at radius 2 is 1.88 bits per heavy atom. The summed E-state index contributed by atoms with van der Waals surface area (Å²) < 4.78 is 16.6. The minimum atomic E-state index is -0.350. The van der Waals surface area contributed by atoms with Gasteiger partial charge in [0.25, 0.3) is 0 Å². The summed E-state index contributed by atoms with van der Waals surface area (Å²) in [7, 11) is 0. The van der Waals surface area contributed by atoms with Gasteiger partial charge in [-0.25, -0.2) is 4.39 Å². The third-order valence-electron chi connectivity index (χ3n) is 4.12. The second-order valence-corrected chi connectivity index (χ2v) is 6.65. The molecule has 0 spiro atoms. The SMILES string of the molecule is Cc1cc(/C=C(/C#N)c2cccc(F)c2)c(C)n1-c1ccccc1Br. The van der Waals surface area contributed by atoms with Crippen LogP contribution in [0.4, 0.5) is 4.39 Å². The smallest absolute Gasteiger partial charge is 0.123 e. The van der Waals surface area contributed by atoms with Gasteiger partial charge in [0, 0.05) is 15.9 Å². The number of aromatic nitrogens is 1. The third-order valence-corrected chi connectivity index (χ3v) is 4.79. The average molecular weight is 395 g/mol. The number of aryl methyl sites for hydroxylation is 1. The zero-order valence-corrected chi connectivity index (χ0v) is 15.5. The molecule has 2 nitrogen and oxygen atoms in total. The standard InChI is InChI=1S/C21H16BrFN2/c1-14-10-17(11-18(13-24)16-6-5-7-19(23)12-16)15(2)25(14)21-9-4-3-8-20(21)22/h3-12H,1-2H3/b18-11-. The third kappa shape index (κ3) is 3.42. The first-order chi connectivity index (χ1) is 12.0. The maximum Gasteiger partial charge on any atom is 0.123 e. The van der Waals surface area contributed by atoms with Gasteiger partial charge in [0.15, 0.2) is 0 Å². The van der Waals surface area contributed by atoms with E-state index in [1.807, 2.05) is 50.3 Å². The highest BCUT2D eigenvalue weighted by atomic mass is 79.9. The molecule has 0 fully saturated rings. The van der Waals surface area contributed by atoms with Crippen LogP contribution in [0.2, 0.25) is 0 Å². The molecule has 0 saturated carbocycles. The number of allylic oxidation sites excluding steroid dienone is 1. The molecule has 3 rings (SSSR count). The van der Waals surface area contributed by atoms with Gasteiger partial charge in [-0.2, -0.15) is 5.26 Å². The highest BCUT2D eigenvalue weighted by molar-refractivity contribution is 9.10. The highest BCUT2D eigenvalue weighted by Crippen LogP contribution is 2.29. The van der Waals surface area contributed by atoms with Crippen molar-refractivity contribution >= 4 is 27.6 Å². The Hall–Kier alpha value is -2.64. The molecule has 1 heterocycles. The number of nitriles is 1. The zero-order valence-electron chi connectivity index (χ0n) is 13.9. The van der Waals surface area contributed by atoms with Crippen LogP contribution in [-0.4, -0.2) is 4.57 Å². The lowest BCUT2D eigenvalue weighted by molar-refractivity contribution is 0.627. The van der Waals surface area contributed by atoms with Crippen molar-refractivity contribution in [2.75, 3.05) is 0 Å². The maximum absolute atomic E-state index is 13.5. The minimum Gasteiger partial charge on any atom is -0.317 e. The van der Waals surface area contributed by atoms with E-state index >= 15 is 0 Å². The van der Waals surface area contributed by atoms with E-state index in [1.165, 1.54) is 12.1 Å². The topological polar surface area (TPSA) is 28.7 Å². The van der Waals surface area contributed by atoms with Crippen LogP contribution in [0.1, 0.15) is 22.5 Å². The fourth-order valence-corrected chi connectivity index (χ4v) is 3.39. The molecule has 0 aliphatic rings. The van der Waals surface area contributed by atoms with Crippen molar-refractivity contribution in [2.45, 2.75) is 13.8 Å². The molecule has 0 amide bonds. The number of para-hydroxylation sites is 1. The van der Waals surface area contributed by atoms with Crippen molar-refractivity contribution in [3.8, 4) is 11.8 Å². The van der Waals surface area contributed by atoms with E-state index < -0.39 is 0 Å². The molecule has 25 heavy (non-hydrogen) atoms. The lowest BCUT2D eigenvalue weighted by Gasteiger charge is -2.11. The highest BCUT2D eigenvalue weighted by Gasteiger charge is 2.12. The Kier molecular flexibility index (Phi) is 4.87. The van der Waals surface area contributed by atoms with Gasteiger partial charge in [-0.05, 0) is 77.3 Å². The van der Waals surface area contributed by atoms with E-state index in [-0.39, 0.29) is 5.82 Å². The molecule has 0 aliphatic carbocycles. The molecule has 124 valence electrons. The molecule has 1 aromatic heterocycles. The number of benzene rings is 2. The van der Waals surface area contributed by atoms with E-state index in [0.717, 1.165) is 27.1 Å². The summed E-state index contributed by atoms with van der Waals surface area (Å²) in [5.74, 6) is -0.350. The van der Waals surface area contributed by atoms with Crippen molar-refractivity contribution in [3.05, 3.63) is 87.4 Å².